The lowest BCUT2D eigenvalue weighted by Gasteiger charge is -2.02. The maximum Gasteiger partial charge on any atom is 0.303 e. The first-order chi connectivity index (χ1) is 6.63. The van der Waals surface area contributed by atoms with Crippen LogP contribution in [0.3, 0.4) is 0 Å². The minimum absolute atomic E-state index is 0.0465. The van der Waals surface area contributed by atoms with Gasteiger partial charge in [0.1, 0.15) is 5.82 Å². The van der Waals surface area contributed by atoms with E-state index in [0.29, 0.717) is 18.4 Å². The summed E-state index contributed by atoms with van der Waals surface area (Å²) in [4.78, 5) is 10.3. The first kappa shape index (κ1) is 10.7. The topological polar surface area (TPSA) is 37.3 Å². The molecule has 0 aliphatic carbocycles. The predicted molar refractivity (Wildman–Crippen MR) is 51.7 cm³/mol. The Morgan fingerprint density at radius 1 is 1.50 bits per heavy atom. The molecule has 0 amide bonds. The molecule has 0 aromatic heterocycles. The van der Waals surface area contributed by atoms with Gasteiger partial charge in [0, 0.05) is 6.42 Å². The number of carboxylic acid groups (broad SMARTS) is 1. The molecule has 0 heterocycles. The maximum absolute atomic E-state index is 13.2. The third kappa shape index (κ3) is 2.83. The molecule has 0 unspecified atom stereocenters. The molecular formula is C11H13FO2. The number of halogens is 1. The summed E-state index contributed by atoms with van der Waals surface area (Å²) in [5.41, 5.74) is 1.41. The number of hydrogen-bond donors (Lipinski definition) is 1. The SMILES string of the molecule is CCc1ccc(CCC(=O)O)cc1F. The molecule has 14 heavy (non-hydrogen) atoms. The van der Waals surface area contributed by atoms with E-state index in [1.807, 2.05) is 6.92 Å². The Hall–Kier alpha value is -1.38. The molecule has 0 fully saturated rings. The highest BCUT2D eigenvalue weighted by Crippen LogP contribution is 2.12. The highest BCUT2D eigenvalue weighted by Gasteiger charge is 2.03. The summed E-state index contributed by atoms with van der Waals surface area (Å²) in [6, 6.07) is 4.92. The van der Waals surface area contributed by atoms with E-state index >= 15 is 0 Å². The summed E-state index contributed by atoms with van der Waals surface area (Å²) in [7, 11) is 0. The van der Waals surface area contributed by atoms with Crippen LogP contribution < -0.4 is 0 Å². The van der Waals surface area contributed by atoms with Gasteiger partial charge >= 0.3 is 5.97 Å². The molecule has 1 rings (SSSR count). The van der Waals surface area contributed by atoms with Crippen LogP contribution in [0.2, 0.25) is 0 Å². The quantitative estimate of drug-likeness (QED) is 0.802. The molecule has 0 saturated heterocycles. The van der Waals surface area contributed by atoms with E-state index in [9.17, 15) is 9.18 Å². The summed E-state index contributed by atoms with van der Waals surface area (Å²) in [6.45, 7) is 1.88. The van der Waals surface area contributed by atoms with Gasteiger partial charge in [-0.2, -0.15) is 0 Å². The Balaban J connectivity index is 2.71. The largest absolute Gasteiger partial charge is 0.481 e. The van der Waals surface area contributed by atoms with Crippen molar-refractivity contribution in [3.8, 4) is 0 Å². The third-order valence-corrected chi connectivity index (χ3v) is 2.13. The van der Waals surface area contributed by atoms with E-state index < -0.39 is 5.97 Å². The number of rotatable bonds is 4. The molecular weight excluding hydrogens is 183 g/mol. The maximum atomic E-state index is 13.2. The Morgan fingerprint density at radius 2 is 2.21 bits per heavy atom. The van der Waals surface area contributed by atoms with Gasteiger partial charge in [0.2, 0.25) is 0 Å². The lowest BCUT2D eigenvalue weighted by molar-refractivity contribution is -0.136. The standard InChI is InChI=1S/C11H13FO2/c1-2-9-5-3-8(7-10(9)12)4-6-11(13)14/h3,5,7H,2,4,6H2,1H3,(H,13,14). The van der Waals surface area contributed by atoms with E-state index in [1.165, 1.54) is 6.07 Å². The van der Waals surface area contributed by atoms with Crippen LogP contribution in [0.25, 0.3) is 0 Å². The molecule has 76 valence electrons. The normalized spacial score (nSPS) is 10.1. The molecule has 3 heteroatoms. The van der Waals surface area contributed by atoms with Crippen molar-refractivity contribution in [2.45, 2.75) is 26.2 Å². The molecule has 0 radical (unpaired) electrons. The van der Waals surface area contributed by atoms with Crippen molar-refractivity contribution >= 4 is 5.97 Å². The van der Waals surface area contributed by atoms with E-state index in [0.717, 1.165) is 5.56 Å². The second-order valence-electron chi connectivity index (χ2n) is 3.17. The molecule has 0 atom stereocenters. The zero-order valence-corrected chi connectivity index (χ0v) is 8.09. The van der Waals surface area contributed by atoms with Crippen LogP contribution in [0, 0.1) is 5.82 Å². The van der Waals surface area contributed by atoms with Crippen LogP contribution in [0.4, 0.5) is 4.39 Å². The van der Waals surface area contributed by atoms with Crippen LogP contribution in [-0.4, -0.2) is 11.1 Å². The Labute approximate surface area is 82.4 Å². The second-order valence-corrected chi connectivity index (χ2v) is 3.17. The van der Waals surface area contributed by atoms with Gasteiger partial charge in [-0.05, 0) is 30.0 Å². The van der Waals surface area contributed by atoms with Crippen LogP contribution in [0.1, 0.15) is 24.5 Å². The third-order valence-electron chi connectivity index (χ3n) is 2.13. The Morgan fingerprint density at radius 3 is 2.71 bits per heavy atom. The van der Waals surface area contributed by atoms with Crippen LogP contribution in [0.5, 0.6) is 0 Å². The van der Waals surface area contributed by atoms with Gasteiger partial charge in [0.15, 0.2) is 0 Å². The fourth-order valence-electron chi connectivity index (χ4n) is 1.28. The molecule has 0 saturated carbocycles. The van der Waals surface area contributed by atoms with E-state index in [2.05, 4.69) is 0 Å². The van der Waals surface area contributed by atoms with E-state index in [4.69, 9.17) is 5.11 Å². The lowest BCUT2D eigenvalue weighted by Crippen LogP contribution is -1.98. The highest BCUT2D eigenvalue weighted by molar-refractivity contribution is 5.67. The highest BCUT2D eigenvalue weighted by atomic mass is 19.1. The van der Waals surface area contributed by atoms with Crippen molar-refractivity contribution in [1.29, 1.82) is 0 Å². The summed E-state index contributed by atoms with van der Waals surface area (Å²) >= 11 is 0. The van der Waals surface area contributed by atoms with E-state index in [-0.39, 0.29) is 12.2 Å². The zero-order valence-electron chi connectivity index (χ0n) is 8.09. The fourth-order valence-corrected chi connectivity index (χ4v) is 1.28. The van der Waals surface area contributed by atoms with Crippen molar-refractivity contribution in [3.05, 3.63) is 35.1 Å². The second kappa shape index (κ2) is 4.74. The van der Waals surface area contributed by atoms with Gasteiger partial charge in [-0.15, -0.1) is 0 Å². The average molecular weight is 196 g/mol. The molecule has 0 aliphatic rings. The van der Waals surface area contributed by atoms with Crippen molar-refractivity contribution in [3.63, 3.8) is 0 Å². The summed E-state index contributed by atoms with van der Waals surface area (Å²) in [5.74, 6) is -1.10. The first-order valence-electron chi connectivity index (χ1n) is 4.62. The zero-order chi connectivity index (χ0) is 10.6. The monoisotopic (exact) mass is 196 g/mol. The first-order valence-corrected chi connectivity index (χ1v) is 4.62. The predicted octanol–water partition coefficient (Wildman–Crippen LogP) is 2.41. The minimum Gasteiger partial charge on any atom is -0.481 e. The minimum atomic E-state index is -0.857. The molecule has 0 spiro atoms. The van der Waals surface area contributed by atoms with Crippen molar-refractivity contribution < 1.29 is 14.3 Å². The Kier molecular flexibility index (Phi) is 3.63. The molecule has 0 aliphatic heterocycles. The Bertz CT molecular complexity index is 334. The number of benzene rings is 1. The van der Waals surface area contributed by atoms with Crippen LogP contribution in [0.15, 0.2) is 18.2 Å². The average Bonchev–Trinajstić information content (AvgIpc) is 2.15. The van der Waals surface area contributed by atoms with E-state index in [1.54, 1.807) is 12.1 Å². The molecule has 1 aromatic rings. The number of carbonyl (C=O) groups is 1. The van der Waals surface area contributed by atoms with Crippen LogP contribution >= 0.6 is 0 Å². The van der Waals surface area contributed by atoms with Gasteiger partial charge in [0.25, 0.3) is 0 Å². The number of carboxylic acids is 1. The summed E-state index contributed by atoms with van der Waals surface area (Å²) in [6.07, 6.45) is 1.09. The lowest BCUT2D eigenvalue weighted by atomic mass is 10.1. The molecule has 1 N–H and O–H groups in total. The smallest absolute Gasteiger partial charge is 0.303 e. The summed E-state index contributed by atoms with van der Waals surface area (Å²) < 4.78 is 13.2. The molecule has 1 aromatic carbocycles. The van der Waals surface area contributed by atoms with Crippen molar-refractivity contribution in [2.75, 3.05) is 0 Å². The van der Waals surface area contributed by atoms with Gasteiger partial charge in [0.05, 0.1) is 0 Å². The van der Waals surface area contributed by atoms with Gasteiger partial charge < -0.3 is 5.11 Å². The van der Waals surface area contributed by atoms with Crippen molar-refractivity contribution in [1.82, 2.24) is 0 Å². The molecule has 0 bridgehead atoms. The summed E-state index contributed by atoms with van der Waals surface area (Å²) in [5, 5.41) is 8.45. The number of hydrogen-bond acceptors (Lipinski definition) is 1. The van der Waals surface area contributed by atoms with Crippen LogP contribution in [-0.2, 0) is 17.6 Å². The number of aliphatic carboxylic acids is 1. The van der Waals surface area contributed by atoms with Gasteiger partial charge in [-0.3, -0.25) is 4.79 Å². The fraction of sp³-hybridized carbons (Fsp3) is 0.364. The molecule has 2 nitrogen and oxygen atoms in total. The van der Waals surface area contributed by atoms with Crippen molar-refractivity contribution in [2.24, 2.45) is 0 Å². The van der Waals surface area contributed by atoms with Gasteiger partial charge in [-0.1, -0.05) is 19.1 Å². The van der Waals surface area contributed by atoms with Gasteiger partial charge in [-0.25, -0.2) is 4.39 Å². The number of aryl methyl sites for hydroxylation is 2.